The van der Waals surface area contributed by atoms with Crippen molar-refractivity contribution in [3.8, 4) is 0 Å². The van der Waals surface area contributed by atoms with Gasteiger partial charge in [0.25, 0.3) is 15.7 Å². The zero-order chi connectivity index (χ0) is 24.0. The Hall–Kier alpha value is -3.67. The summed E-state index contributed by atoms with van der Waals surface area (Å²) in [6, 6.07) is 12.7. The zero-order valence-corrected chi connectivity index (χ0v) is 18.8. The quantitative estimate of drug-likeness (QED) is 0.442. The number of nitro benzene ring substituents is 1. The van der Waals surface area contributed by atoms with Crippen molar-refractivity contribution in [1.29, 1.82) is 0 Å². The third-order valence-electron chi connectivity index (χ3n) is 5.10. The van der Waals surface area contributed by atoms with Gasteiger partial charge in [-0.25, -0.2) is 13.2 Å². The monoisotopic (exact) mass is 476 g/mol. The predicted molar refractivity (Wildman–Crippen MR) is 119 cm³/mol. The van der Waals surface area contributed by atoms with Crippen molar-refractivity contribution in [3.05, 3.63) is 64.7 Å². The molecule has 1 fully saturated rings. The third-order valence-corrected chi connectivity index (χ3v) is 6.89. The van der Waals surface area contributed by atoms with Gasteiger partial charge in [-0.2, -0.15) is 0 Å². The van der Waals surface area contributed by atoms with E-state index in [1.165, 1.54) is 40.1 Å². The molecule has 0 atom stereocenters. The molecule has 0 aromatic heterocycles. The minimum absolute atomic E-state index is 0.00608. The Labute approximate surface area is 191 Å². The van der Waals surface area contributed by atoms with Crippen LogP contribution in [-0.2, 0) is 19.6 Å². The van der Waals surface area contributed by atoms with Gasteiger partial charge in [0.2, 0.25) is 5.91 Å². The van der Waals surface area contributed by atoms with E-state index < -0.39 is 33.5 Å². The third kappa shape index (κ3) is 5.58. The fourth-order valence-electron chi connectivity index (χ4n) is 3.37. The van der Waals surface area contributed by atoms with Gasteiger partial charge in [-0.05, 0) is 25.1 Å². The van der Waals surface area contributed by atoms with Gasteiger partial charge in [0.1, 0.15) is 6.54 Å². The molecule has 0 radical (unpaired) electrons. The molecule has 11 nitrogen and oxygen atoms in total. The maximum absolute atomic E-state index is 13.4. The van der Waals surface area contributed by atoms with Crippen molar-refractivity contribution in [1.82, 2.24) is 9.80 Å². The maximum Gasteiger partial charge on any atom is 0.409 e. The lowest BCUT2D eigenvalue weighted by molar-refractivity contribution is -0.384. The van der Waals surface area contributed by atoms with Gasteiger partial charge in [0.15, 0.2) is 0 Å². The number of non-ortho nitro benzene ring substituents is 1. The molecule has 0 unspecified atom stereocenters. The van der Waals surface area contributed by atoms with Crippen molar-refractivity contribution in [3.63, 3.8) is 0 Å². The molecular formula is C21H24N4O7S. The second kappa shape index (κ2) is 10.3. The average molecular weight is 477 g/mol. The highest BCUT2D eigenvalue weighted by atomic mass is 32.2. The molecule has 0 N–H and O–H groups in total. The van der Waals surface area contributed by atoms with Crippen LogP contribution in [0.25, 0.3) is 0 Å². The van der Waals surface area contributed by atoms with Crippen LogP contribution in [0.5, 0.6) is 0 Å². The summed E-state index contributed by atoms with van der Waals surface area (Å²) in [5.41, 5.74) is -0.289. The number of sulfonamides is 1. The molecule has 3 rings (SSSR count). The van der Waals surface area contributed by atoms with Crippen LogP contribution in [0.2, 0.25) is 0 Å². The van der Waals surface area contributed by atoms with E-state index in [0.29, 0.717) is 0 Å². The van der Waals surface area contributed by atoms with E-state index in [1.807, 2.05) is 0 Å². The van der Waals surface area contributed by atoms with Gasteiger partial charge in [0, 0.05) is 38.3 Å². The standard InChI is InChI=1S/C21H24N4O7S/c1-2-32-21(27)23-13-11-22(12-14-23)20(26)16-24(17-7-6-8-18(15-17)25(28)29)33(30,31)19-9-4-3-5-10-19/h3-10,15H,2,11-14,16H2,1H3. The van der Waals surface area contributed by atoms with E-state index >= 15 is 0 Å². The van der Waals surface area contributed by atoms with Gasteiger partial charge in [-0.1, -0.05) is 24.3 Å². The Kier molecular flexibility index (Phi) is 7.48. The number of amides is 2. The number of hydrogen-bond donors (Lipinski definition) is 0. The average Bonchev–Trinajstić information content (AvgIpc) is 2.83. The first kappa shape index (κ1) is 24.0. The summed E-state index contributed by atoms with van der Waals surface area (Å²) >= 11 is 0. The molecule has 1 heterocycles. The SMILES string of the molecule is CCOC(=O)N1CCN(C(=O)CN(c2cccc([N+](=O)[O-])c2)S(=O)(=O)c2ccccc2)CC1. The normalized spacial score (nSPS) is 14.0. The Morgan fingerprint density at radius 3 is 2.27 bits per heavy atom. The molecule has 33 heavy (non-hydrogen) atoms. The number of hydrogen-bond acceptors (Lipinski definition) is 7. The van der Waals surface area contributed by atoms with Crippen molar-refractivity contribution in [2.45, 2.75) is 11.8 Å². The Balaban J connectivity index is 1.85. The summed E-state index contributed by atoms with van der Waals surface area (Å²) in [5, 5.41) is 11.2. The molecule has 0 aliphatic carbocycles. The van der Waals surface area contributed by atoms with Crippen molar-refractivity contribution in [2.75, 3.05) is 43.6 Å². The molecule has 2 aromatic carbocycles. The molecule has 12 heteroatoms. The fraction of sp³-hybridized carbons (Fsp3) is 0.333. The highest BCUT2D eigenvalue weighted by Crippen LogP contribution is 2.27. The first-order chi connectivity index (χ1) is 15.7. The number of ether oxygens (including phenoxy) is 1. The van der Waals surface area contributed by atoms with Crippen molar-refractivity contribution >= 4 is 33.4 Å². The molecule has 1 aliphatic heterocycles. The highest BCUT2D eigenvalue weighted by Gasteiger charge is 2.31. The number of nitrogens with zero attached hydrogens (tertiary/aromatic N) is 4. The number of piperazine rings is 1. The van der Waals surface area contributed by atoms with Crippen LogP contribution >= 0.6 is 0 Å². The second-order valence-corrected chi connectivity index (χ2v) is 9.03. The molecular weight excluding hydrogens is 452 g/mol. The van der Waals surface area contributed by atoms with Crippen LogP contribution < -0.4 is 4.31 Å². The Bertz CT molecular complexity index is 1120. The van der Waals surface area contributed by atoms with Crippen LogP contribution in [0, 0.1) is 10.1 Å². The summed E-state index contributed by atoms with van der Waals surface area (Å²) in [7, 11) is -4.18. The van der Waals surface area contributed by atoms with Crippen LogP contribution in [0.3, 0.4) is 0 Å². The predicted octanol–water partition coefficient (Wildman–Crippen LogP) is 2.09. The van der Waals surface area contributed by atoms with Crippen LogP contribution in [-0.4, -0.2) is 74.5 Å². The number of anilines is 1. The molecule has 1 aliphatic rings. The second-order valence-electron chi connectivity index (χ2n) is 7.17. The summed E-state index contributed by atoms with van der Waals surface area (Å²) in [4.78, 5) is 38.4. The lowest BCUT2D eigenvalue weighted by Gasteiger charge is -2.35. The molecule has 0 bridgehead atoms. The summed E-state index contributed by atoms with van der Waals surface area (Å²) in [6.07, 6.45) is -0.463. The molecule has 2 aromatic rings. The van der Waals surface area contributed by atoms with Gasteiger partial charge in [-0.3, -0.25) is 19.2 Å². The smallest absolute Gasteiger partial charge is 0.409 e. The maximum atomic E-state index is 13.4. The van der Waals surface area contributed by atoms with E-state index in [-0.39, 0.29) is 49.1 Å². The van der Waals surface area contributed by atoms with E-state index in [2.05, 4.69) is 0 Å². The zero-order valence-electron chi connectivity index (χ0n) is 18.0. The molecule has 1 saturated heterocycles. The highest BCUT2D eigenvalue weighted by molar-refractivity contribution is 7.92. The Morgan fingerprint density at radius 1 is 1.03 bits per heavy atom. The number of carbonyl (C=O) groups excluding carboxylic acids is 2. The van der Waals surface area contributed by atoms with E-state index in [4.69, 9.17) is 4.74 Å². The number of nitro groups is 1. The van der Waals surface area contributed by atoms with Gasteiger partial charge < -0.3 is 14.5 Å². The van der Waals surface area contributed by atoms with Gasteiger partial charge >= 0.3 is 6.09 Å². The number of benzene rings is 2. The summed E-state index contributed by atoms with van der Waals surface area (Å²) < 4.78 is 32.6. The van der Waals surface area contributed by atoms with E-state index in [9.17, 15) is 28.1 Å². The first-order valence-corrected chi connectivity index (χ1v) is 11.7. The Morgan fingerprint density at radius 2 is 1.67 bits per heavy atom. The van der Waals surface area contributed by atoms with E-state index in [0.717, 1.165) is 10.4 Å². The number of carbonyl (C=O) groups is 2. The van der Waals surface area contributed by atoms with E-state index in [1.54, 1.807) is 25.1 Å². The number of rotatable bonds is 7. The van der Waals surface area contributed by atoms with Crippen molar-refractivity contribution < 1.29 is 27.7 Å². The molecule has 0 spiro atoms. The van der Waals surface area contributed by atoms with Crippen LogP contribution in [0.15, 0.2) is 59.5 Å². The molecule has 2 amide bonds. The minimum Gasteiger partial charge on any atom is -0.450 e. The summed E-state index contributed by atoms with van der Waals surface area (Å²) in [6.45, 7) is 2.34. The lowest BCUT2D eigenvalue weighted by atomic mass is 10.2. The van der Waals surface area contributed by atoms with Gasteiger partial charge in [0.05, 0.1) is 22.1 Å². The minimum atomic E-state index is -4.18. The van der Waals surface area contributed by atoms with Crippen LogP contribution in [0.1, 0.15) is 6.92 Å². The summed E-state index contributed by atoms with van der Waals surface area (Å²) in [5.74, 6) is -0.482. The van der Waals surface area contributed by atoms with Crippen LogP contribution in [0.4, 0.5) is 16.2 Å². The largest absolute Gasteiger partial charge is 0.450 e. The van der Waals surface area contributed by atoms with Gasteiger partial charge in [-0.15, -0.1) is 0 Å². The molecule has 176 valence electrons. The molecule has 0 saturated carbocycles. The first-order valence-electron chi connectivity index (χ1n) is 10.3. The lowest BCUT2D eigenvalue weighted by Crippen LogP contribution is -2.53. The van der Waals surface area contributed by atoms with Crippen molar-refractivity contribution in [2.24, 2.45) is 0 Å². The fourth-order valence-corrected chi connectivity index (χ4v) is 4.80. The topological polar surface area (TPSA) is 130 Å².